The summed E-state index contributed by atoms with van der Waals surface area (Å²) in [5.74, 6) is 0.658. The summed E-state index contributed by atoms with van der Waals surface area (Å²) in [6.07, 6.45) is 3.67. The Balaban J connectivity index is 1.67. The standard InChI is InChI=1S/C20H22BrN3O2/c1-3-4-17-19(24-13-14(2)5-10-18(24)23-17)20(25)22-11-12-26-16-8-6-15(21)7-9-16/h5-10,13H,3-4,11-12H2,1-2H3,(H,22,25). The molecule has 0 aliphatic heterocycles. The zero-order chi connectivity index (χ0) is 18.5. The average molecular weight is 416 g/mol. The highest BCUT2D eigenvalue weighted by Crippen LogP contribution is 2.17. The highest BCUT2D eigenvalue weighted by atomic mass is 79.9. The van der Waals surface area contributed by atoms with E-state index in [2.05, 4.69) is 33.2 Å². The van der Waals surface area contributed by atoms with Crippen LogP contribution < -0.4 is 10.1 Å². The SMILES string of the molecule is CCCc1nc2ccc(C)cn2c1C(=O)NCCOc1ccc(Br)cc1. The molecule has 1 N–H and O–H groups in total. The number of carbonyl (C=O) groups is 1. The molecule has 0 fully saturated rings. The van der Waals surface area contributed by atoms with Crippen molar-refractivity contribution >= 4 is 27.5 Å². The summed E-state index contributed by atoms with van der Waals surface area (Å²) in [5.41, 5.74) is 3.35. The quantitative estimate of drug-likeness (QED) is 0.589. The van der Waals surface area contributed by atoms with Crippen LogP contribution in [0.2, 0.25) is 0 Å². The van der Waals surface area contributed by atoms with Crippen molar-refractivity contribution in [2.45, 2.75) is 26.7 Å². The molecule has 0 radical (unpaired) electrons. The molecule has 6 heteroatoms. The van der Waals surface area contributed by atoms with Gasteiger partial charge in [0, 0.05) is 10.7 Å². The first-order valence-corrected chi connectivity index (χ1v) is 9.52. The van der Waals surface area contributed by atoms with Crippen molar-refractivity contribution in [3.63, 3.8) is 0 Å². The third-order valence-electron chi connectivity index (χ3n) is 4.01. The van der Waals surface area contributed by atoms with Crippen molar-refractivity contribution in [2.75, 3.05) is 13.2 Å². The summed E-state index contributed by atoms with van der Waals surface area (Å²) in [5, 5.41) is 2.94. The van der Waals surface area contributed by atoms with Crippen LogP contribution in [0.5, 0.6) is 5.75 Å². The maximum absolute atomic E-state index is 12.7. The predicted molar refractivity (Wildman–Crippen MR) is 106 cm³/mol. The van der Waals surface area contributed by atoms with E-state index in [1.165, 1.54) is 0 Å². The van der Waals surface area contributed by atoms with Gasteiger partial charge >= 0.3 is 0 Å². The number of nitrogens with one attached hydrogen (secondary N) is 1. The van der Waals surface area contributed by atoms with Crippen LogP contribution in [0.25, 0.3) is 5.65 Å². The number of benzene rings is 1. The molecule has 2 heterocycles. The molecule has 0 saturated carbocycles. The zero-order valence-corrected chi connectivity index (χ0v) is 16.5. The Kier molecular flexibility index (Phi) is 5.93. The number of fused-ring (bicyclic) bond motifs is 1. The Morgan fingerprint density at radius 3 is 2.73 bits per heavy atom. The Labute approximate surface area is 161 Å². The normalized spacial score (nSPS) is 10.9. The summed E-state index contributed by atoms with van der Waals surface area (Å²) in [6.45, 7) is 4.93. The Bertz CT molecular complexity index is 903. The van der Waals surface area contributed by atoms with Gasteiger partial charge in [-0.1, -0.05) is 35.3 Å². The van der Waals surface area contributed by atoms with E-state index in [1.54, 1.807) is 0 Å². The van der Waals surface area contributed by atoms with Crippen LogP contribution in [0, 0.1) is 6.92 Å². The lowest BCUT2D eigenvalue weighted by Crippen LogP contribution is -2.29. The number of ether oxygens (including phenoxy) is 1. The van der Waals surface area contributed by atoms with Crippen LogP contribution in [0.3, 0.4) is 0 Å². The minimum atomic E-state index is -0.119. The lowest BCUT2D eigenvalue weighted by Gasteiger charge is -2.09. The van der Waals surface area contributed by atoms with E-state index in [9.17, 15) is 4.79 Å². The lowest BCUT2D eigenvalue weighted by molar-refractivity contribution is 0.0940. The van der Waals surface area contributed by atoms with Gasteiger partial charge in [0.2, 0.25) is 0 Å². The van der Waals surface area contributed by atoms with Gasteiger partial charge in [-0.25, -0.2) is 4.98 Å². The summed E-state index contributed by atoms with van der Waals surface area (Å²) in [4.78, 5) is 17.4. The van der Waals surface area contributed by atoms with E-state index in [0.29, 0.717) is 18.8 Å². The molecule has 26 heavy (non-hydrogen) atoms. The van der Waals surface area contributed by atoms with Crippen LogP contribution in [-0.2, 0) is 6.42 Å². The zero-order valence-electron chi connectivity index (χ0n) is 15.0. The van der Waals surface area contributed by atoms with Gasteiger partial charge < -0.3 is 10.1 Å². The van der Waals surface area contributed by atoms with Gasteiger partial charge in [0.1, 0.15) is 23.7 Å². The number of carbonyl (C=O) groups excluding carboxylic acids is 1. The van der Waals surface area contributed by atoms with Gasteiger partial charge in [-0.05, 0) is 49.2 Å². The van der Waals surface area contributed by atoms with Crippen LogP contribution in [0.4, 0.5) is 0 Å². The van der Waals surface area contributed by atoms with Gasteiger partial charge in [-0.2, -0.15) is 0 Å². The monoisotopic (exact) mass is 415 g/mol. The molecule has 136 valence electrons. The fourth-order valence-corrected chi connectivity index (χ4v) is 3.06. The van der Waals surface area contributed by atoms with Gasteiger partial charge in [0.05, 0.1) is 12.2 Å². The number of aryl methyl sites for hydroxylation is 2. The van der Waals surface area contributed by atoms with Crippen LogP contribution >= 0.6 is 15.9 Å². The summed E-state index contributed by atoms with van der Waals surface area (Å²) >= 11 is 3.39. The van der Waals surface area contributed by atoms with Crippen molar-refractivity contribution < 1.29 is 9.53 Å². The molecule has 3 aromatic rings. The maximum Gasteiger partial charge on any atom is 0.270 e. The number of halogens is 1. The van der Waals surface area contributed by atoms with Crippen molar-refractivity contribution in [3.8, 4) is 5.75 Å². The van der Waals surface area contributed by atoms with E-state index in [-0.39, 0.29) is 5.91 Å². The molecule has 0 aliphatic carbocycles. The van der Waals surface area contributed by atoms with Gasteiger partial charge in [-0.3, -0.25) is 9.20 Å². The minimum absolute atomic E-state index is 0.119. The minimum Gasteiger partial charge on any atom is -0.492 e. The molecule has 5 nitrogen and oxygen atoms in total. The number of aromatic nitrogens is 2. The second kappa shape index (κ2) is 8.36. The largest absolute Gasteiger partial charge is 0.492 e. The number of imidazole rings is 1. The molecule has 0 saturated heterocycles. The van der Waals surface area contributed by atoms with Gasteiger partial charge in [0.25, 0.3) is 5.91 Å². The second-order valence-corrected chi connectivity index (χ2v) is 7.07. The highest BCUT2D eigenvalue weighted by Gasteiger charge is 2.18. The molecule has 2 aromatic heterocycles. The first kappa shape index (κ1) is 18.5. The predicted octanol–water partition coefficient (Wildman–Crippen LogP) is 4.17. The maximum atomic E-state index is 12.7. The fraction of sp³-hybridized carbons (Fsp3) is 0.300. The van der Waals surface area contributed by atoms with E-state index in [1.807, 2.05) is 53.9 Å². The highest BCUT2D eigenvalue weighted by molar-refractivity contribution is 9.10. The molecule has 3 rings (SSSR count). The summed E-state index contributed by atoms with van der Waals surface area (Å²) in [6, 6.07) is 11.6. The van der Waals surface area contributed by atoms with E-state index < -0.39 is 0 Å². The second-order valence-electron chi connectivity index (χ2n) is 6.15. The lowest BCUT2D eigenvalue weighted by atomic mass is 10.2. The molecule has 1 aromatic carbocycles. The number of rotatable bonds is 7. The Hall–Kier alpha value is -2.34. The van der Waals surface area contributed by atoms with Crippen LogP contribution in [0.1, 0.15) is 35.1 Å². The molecular formula is C20H22BrN3O2. The first-order chi connectivity index (χ1) is 12.6. The third-order valence-corrected chi connectivity index (χ3v) is 4.54. The number of nitrogens with zero attached hydrogens (tertiary/aromatic N) is 2. The molecule has 0 spiro atoms. The smallest absolute Gasteiger partial charge is 0.270 e. The van der Waals surface area contributed by atoms with E-state index in [0.717, 1.165) is 40.0 Å². The van der Waals surface area contributed by atoms with E-state index >= 15 is 0 Å². The molecular weight excluding hydrogens is 394 g/mol. The molecule has 0 atom stereocenters. The first-order valence-electron chi connectivity index (χ1n) is 8.72. The fourth-order valence-electron chi connectivity index (χ4n) is 2.80. The van der Waals surface area contributed by atoms with Crippen molar-refractivity contribution in [2.24, 2.45) is 0 Å². The van der Waals surface area contributed by atoms with Crippen molar-refractivity contribution in [1.29, 1.82) is 0 Å². The number of pyridine rings is 1. The van der Waals surface area contributed by atoms with Gasteiger partial charge in [-0.15, -0.1) is 0 Å². The Morgan fingerprint density at radius 1 is 1.23 bits per heavy atom. The summed E-state index contributed by atoms with van der Waals surface area (Å²) in [7, 11) is 0. The van der Waals surface area contributed by atoms with Gasteiger partial charge in [0.15, 0.2) is 0 Å². The summed E-state index contributed by atoms with van der Waals surface area (Å²) < 4.78 is 8.54. The molecule has 1 amide bonds. The average Bonchev–Trinajstić information content (AvgIpc) is 2.97. The number of hydrogen-bond acceptors (Lipinski definition) is 3. The van der Waals surface area contributed by atoms with E-state index in [4.69, 9.17) is 4.74 Å². The molecule has 0 bridgehead atoms. The molecule has 0 aliphatic rings. The third kappa shape index (κ3) is 4.25. The van der Waals surface area contributed by atoms with Crippen molar-refractivity contribution in [1.82, 2.24) is 14.7 Å². The molecule has 0 unspecified atom stereocenters. The van der Waals surface area contributed by atoms with Crippen LogP contribution in [0.15, 0.2) is 47.1 Å². The number of amides is 1. The van der Waals surface area contributed by atoms with Crippen molar-refractivity contribution in [3.05, 3.63) is 64.0 Å². The van der Waals surface area contributed by atoms with Crippen LogP contribution in [-0.4, -0.2) is 28.4 Å². The topological polar surface area (TPSA) is 55.6 Å². The number of hydrogen-bond donors (Lipinski definition) is 1. The Morgan fingerprint density at radius 2 is 2.00 bits per heavy atom.